The lowest BCUT2D eigenvalue weighted by Crippen LogP contribution is -1.95. The van der Waals surface area contributed by atoms with Gasteiger partial charge in [-0.05, 0) is 29.3 Å². The van der Waals surface area contributed by atoms with Gasteiger partial charge in [0.05, 0.1) is 0 Å². The smallest absolute Gasteiger partial charge is 0.0361 e. The minimum Gasteiger partial charge on any atom is -0.398 e. The van der Waals surface area contributed by atoms with Crippen molar-refractivity contribution < 1.29 is 0 Å². The molecule has 2 N–H and O–H groups in total. The second kappa shape index (κ2) is 4.45. The third-order valence-corrected chi connectivity index (χ3v) is 2.72. The average Bonchev–Trinajstić information content (AvgIpc) is 2.24. The fraction of sp³-hybridized carbons (Fsp3) is 0.0833. The van der Waals surface area contributed by atoms with Gasteiger partial charge >= 0.3 is 0 Å². The summed E-state index contributed by atoms with van der Waals surface area (Å²) in [5.74, 6) is 0. The van der Waals surface area contributed by atoms with Crippen LogP contribution in [-0.4, -0.2) is 4.98 Å². The van der Waals surface area contributed by atoms with Gasteiger partial charge in [-0.1, -0.05) is 28.1 Å². The predicted molar refractivity (Wildman–Crippen MR) is 65.6 cm³/mol. The van der Waals surface area contributed by atoms with Crippen LogP contribution in [0.3, 0.4) is 0 Å². The van der Waals surface area contributed by atoms with Crippen molar-refractivity contribution in [3.63, 3.8) is 0 Å². The van der Waals surface area contributed by atoms with Crippen molar-refractivity contribution in [1.82, 2.24) is 4.98 Å². The number of benzene rings is 1. The van der Waals surface area contributed by atoms with E-state index in [1.54, 1.807) is 6.20 Å². The Labute approximate surface area is 97.3 Å². The zero-order valence-corrected chi connectivity index (χ0v) is 9.74. The SMILES string of the molecule is Nc1cc(Br)ccc1Cc1cccnc1. The highest BCUT2D eigenvalue weighted by Gasteiger charge is 2.01. The van der Waals surface area contributed by atoms with E-state index in [4.69, 9.17) is 5.73 Å². The molecule has 1 aromatic carbocycles. The Balaban J connectivity index is 2.25. The van der Waals surface area contributed by atoms with Crippen LogP contribution in [0.5, 0.6) is 0 Å². The van der Waals surface area contributed by atoms with Crippen molar-refractivity contribution in [2.75, 3.05) is 5.73 Å². The molecule has 0 saturated heterocycles. The van der Waals surface area contributed by atoms with Crippen LogP contribution in [0.25, 0.3) is 0 Å². The molecule has 1 heterocycles. The number of hydrogen-bond acceptors (Lipinski definition) is 2. The van der Waals surface area contributed by atoms with Crippen LogP contribution >= 0.6 is 15.9 Å². The summed E-state index contributed by atoms with van der Waals surface area (Å²) >= 11 is 3.39. The molecule has 0 radical (unpaired) electrons. The summed E-state index contributed by atoms with van der Waals surface area (Å²) in [6.45, 7) is 0. The first-order valence-corrected chi connectivity index (χ1v) is 5.48. The topological polar surface area (TPSA) is 38.9 Å². The van der Waals surface area contributed by atoms with Crippen LogP contribution in [0.1, 0.15) is 11.1 Å². The molecule has 0 aliphatic heterocycles. The van der Waals surface area contributed by atoms with Gasteiger partial charge in [-0.2, -0.15) is 0 Å². The summed E-state index contributed by atoms with van der Waals surface area (Å²) in [5.41, 5.74) is 9.04. The number of rotatable bonds is 2. The number of nitrogens with zero attached hydrogens (tertiary/aromatic N) is 1. The van der Waals surface area contributed by atoms with E-state index in [0.29, 0.717) is 0 Å². The van der Waals surface area contributed by atoms with Gasteiger partial charge in [-0.25, -0.2) is 0 Å². The van der Waals surface area contributed by atoms with Crippen LogP contribution in [0, 0.1) is 0 Å². The van der Waals surface area contributed by atoms with Gasteiger partial charge in [0.25, 0.3) is 0 Å². The van der Waals surface area contributed by atoms with Crippen LogP contribution in [0.15, 0.2) is 47.2 Å². The molecule has 0 bridgehead atoms. The lowest BCUT2D eigenvalue weighted by molar-refractivity contribution is 1.15. The number of anilines is 1. The number of halogens is 1. The third kappa shape index (κ3) is 2.57. The van der Waals surface area contributed by atoms with E-state index >= 15 is 0 Å². The monoisotopic (exact) mass is 262 g/mol. The molecule has 0 spiro atoms. The Morgan fingerprint density at radius 1 is 1.27 bits per heavy atom. The molecular formula is C12H11BrN2. The fourth-order valence-electron chi connectivity index (χ4n) is 1.45. The molecule has 0 unspecified atom stereocenters. The van der Waals surface area contributed by atoms with Crippen molar-refractivity contribution in [2.24, 2.45) is 0 Å². The number of aromatic nitrogens is 1. The number of nitrogen functional groups attached to an aromatic ring is 1. The van der Waals surface area contributed by atoms with Crippen LogP contribution < -0.4 is 5.73 Å². The second-order valence-corrected chi connectivity index (χ2v) is 4.30. The maximum absolute atomic E-state index is 5.92. The zero-order chi connectivity index (χ0) is 10.7. The number of pyridine rings is 1. The zero-order valence-electron chi connectivity index (χ0n) is 8.15. The minimum absolute atomic E-state index is 0.813. The number of nitrogens with two attached hydrogens (primary N) is 1. The van der Waals surface area contributed by atoms with Crippen molar-refractivity contribution in [3.8, 4) is 0 Å². The van der Waals surface area contributed by atoms with Crippen molar-refractivity contribution in [3.05, 3.63) is 58.3 Å². The van der Waals surface area contributed by atoms with Crippen LogP contribution in [-0.2, 0) is 6.42 Å². The maximum Gasteiger partial charge on any atom is 0.0361 e. The lowest BCUT2D eigenvalue weighted by Gasteiger charge is -2.05. The van der Waals surface area contributed by atoms with E-state index in [1.165, 1.54) is 5.56 Å². The lowest BCUT2D eigenvalue weighted by atomic mass is 10.1. The summed E-state index contributed by atoms with van der Waals surface area (Å²) in [6, 6.07) is 9.94. The largest absolute Gasteiger partial charge is 0.398 e. The van der Waals surface area contributed by atoms with E-state index in [2.05, 4.69) is 27.0 Å². The highest BCUT2D eigenvalue weighted by atomic mass is 79.9. The minimum atomic E-state index is 0.813. The predicted octanol–water partition coefficient (Wildman–Crippen LogP) is 3.02. The van der Waals surface area contributed by atoms with E-state index in [0.717, 1.165) is 22.1 Å². The van der Waals surface area contributed by atoms with E-state index in [1.807, 2.05) is 30.5 Å². The van der Waals surface area contributed by atoms with Crippen LogP contribution in [0.2, 0.25) is 0 Å². The first-order chi connectivity index (χ1) is 7.25. The highest BCUT2D eigenvalue weighted by Crippen LogP contribution is 2.20. The van der Waals surface area contributed by atoms with Gasteiger partial charge in [-0.3, -0.25) is 4.98 Å². The molecule has 2 nitrogen and oxygen atoms in total. The Bertz CT molecular complexity index is 454. The first kappa shape index (κ1) is 10.2. The Kier molecular flexibility index (Phi) is 3.02. The molecule has 15 heavy (non-hydrogen) atoms. The van der Waals surface area contributed by atoms with Crippen LogP contribution in [0.4, 0.5) is 5.69 Å². The first-order valence-electron chi connectivity index (χ1n) is 4.68. The van der Waals surface area contributed by atoms with Crippen molar-refractivity contribution >= 4 is 21.6 Å². The molecule has 0 atom stereocenters. The van der Waals surface area contributed by atoms with Gasteiger partial charge in [0.1, 0.15) is 0 Å². The van der Waals surface area contributed by atoms with E-state index in [9.17, 15) is 0 Å². The summed E-state index contributed by atoms with van der Waals surface area (Å²) in [5, 5.41) is 0. The Morgan fingerprint density at radius 3 is 2.80 bits per heavy atom. The molecule has 0 aliphatic carbocycles. The van der Waals surface area contributed by atoms with Gasteiger partial charge in [0.15, 0.2) is 0 Å². The number of hydrogen-bond donors (Lipinski definition) is 1. The molecule has 0 saturated carbocycles. The molecule has 1 aromatic heterocycles. The quantitative estimate of drug-likeness (QED) is 0.846. The molecule has 0 fully saturated rings. The molecule has 0 amide bonds. The van der Waals surface area contributed by atoms with E-state index in [-0.39, 0.29) is 0 Å². The summed E-state index contributed by atoms with van der Waals surface area (Å²) in [4.78, 5) is 4.08. The Hall–Kier alpha value is -1.35. The second-order valence-electron chi connectivity index (χ2n) is 3.38. The van der Waals surface area contributed by atoms with E-state index < -0.39 is 0 Å². The fourth-order valence-corrected chi connectivity index (χ4v) is 1.83. The van der Waals surface area contributed by atoms with Gasteiger partial charge < -0.3 is 5.73 Å². The van der Waals surface area contributed by atoms with Gasteiger partial charge in [0, 0.05) is 29.0 Å². The molecule has 3 heteroatoms. The molecule has 0 aliphatic rings. The third-order valence-electron chi connectivity index (χ3n) is 2.23. The molecule has 2 rings (SSSR count). The van der Waals surface area contributed by atoms with Gasteiger partial charge in [-0.15, -0.1) is 0 Å². The standard InChI is InChI=1S/C12H11BrN2/c13-11-4-3-10(12(14)7-11)6-9-2-1-5-15-8-9/h1-5,7-8H,6,14H2. The summed E-state index contributed by atoms with van der Waals surface area (Å²) < 4.78 is 1.01. The molecule has 2 aromatic rings. The van der Waals surface area contributed by atoms with Crippen molar-refractivity contribution in [2.45, 2.75) is 6.42 Å². The Morgan fingerprint density at radius 2 is 2.13 bits per heavy atom. The van der Waals surface area contributed by atoms with Crippen molar-refractivity contribution in [1.29, 1.82) is 0 Å². The summed E-state index contributed by atoms with van der Waals surface area (Å²) in [6.07, 6.45) is 4.46. The van der Waals surface area contributed by atoms with Gasteiger partial charge in [0.2, 0.25) is 0 Å². The average molecular weight is 263 g/mol. The molecule has 76 valence electrons. The normalized spacial score (nSPS) is 10.2. The molecular weight excluding hydrogens is 252 g/mol. The maximum atomic E-state index is 5.92. The summed E-state index contributed by atoms with van der Waals surface area (Å²) in [7, 11) is 0. The highest BCUT2D eigenvalue weighted by molar-refractivity contribution is 9.10.